The lowest BCUT2D eigenvalue weighted by Gasteiger charge is -2.38. The van der Waals surface area contributed by atoms with Crippen LogP contribution in [0.15, 0.2) is 40.6 Å². The summed E-state index contributed by atoms with van der Waals surface area (Å²) >= 11 is 1.33. The fourth-order valence-electron chi connectivity index (χ4n) is 3.38. The number of thiophene rings is 1. The number of methoxy groups -OCH3 is 1. The Morgan fingerprint density at radius 3 is 2.58 bits per heavy atom. The van der Waals surface area contributed by atoms with E-state index >= 15 is 0 Å². The summed E-state index contributed by atoms with van der Waals surface area (Å²) in [6, 6.07) is 11.4. The molecule has 0 bridgehead atoms. The zero-order chi connectivity index (χ0) is 18.6. The fourth-order valence-corrected chi connectivity index (χ4v) is 5.85. The minimum absolute atomic E-state index is 0.331. The summed E-state index contributed by atoms with van der Waals surface area (Å²) < 4.78 is 39.8. The number of sulfonamides is 1. The largest absolute Gasteiger partial charge is 0.496 e. The van der Waals surface area contributed by atoms with Crippen LogP contribution in [0.1, 0.15) is 30.2 Å². The molecular formula is C19H25NO4S2. The Bertz CT molecular complexity index is 839. The normalized spacial score (nSPS) is 17.2. The van der Waals surface area contributed by atoms with Crippen LogP contribution in [0.4, 0.5) is 0 Å². The van der Waals surface area contributed by atoms with Crippen molar-refractivity contribution in [1.29, 1.82) is 0 Å². The van der Waals surface area contributed by atoms with Gasteiger partial charge in [-0.3, -0.25) is 0 Å². The highest BCUT2D eigenvalue weighted by molar-refractivity contribution is 7.91. The third-order valence-electron chi connectivity index (χ3n) is 4.98. The summed E-state index contributed by atoms with van der Waals surface area (Å²) in [5.41, 5.74) is 0.705. The maximum absolute atomic E-state index is 12.8. The van der Waals surface area contributed by atoms with E-state index < -0.39 is 10.0 Å². The van der Waals surface area contributed by atoms with Crippen LogP contribution in [-0.2, 0) is 26.6 Å². The van der Waals surface area contributed by atoms with Gasteiger partial charge in [0.1, 0.15) is 9.96 Å². The molecule has 0 unspecified atom stereocenters. The van der Waals surface area contributed by atoms with Gasteiger partial charge in [-0.15, -0.1) is 11.3 Å². The maximum Gasteiger partial charge on any atom is 0.250 e. The molecule has 5 nitrogen and oxygen atoms in total. The molecule has 3 rings (SSSR count). The quantitative estimate of drug-likeness (QED) is 0.781. The van der Waals surface area contributed by atoms with E-state index in [1.54, 1.807) is 13.2 Å². The second-order valence-electron chi connectivity index (χ2n) is 6.49. The highest BCUT2D eigenvalue weighted by atomic mass is 32.2. The molecule has 2 heterocycles. The van der Waals surface area contributed by atoms with Crippen molar-refractivity contribution in [3.05, 3.63) is 46.8 Å². The Balaban J connectivity index is 1.87. The topological polar surface area (TPSA) is 64.6 Å². The molecule has 7 heteroatoms. The molecular weight excluding hydrogens is 370 g/mol. The van der Waals surface area contributed by atoms with Gasteiger partial charge in [-0.05, 0) is 37.5 Å². The molecule has 1 saturated heterocycles. The third kappa shape index (κ3) is 3.96. The molecule has 0 aliphatic carbocycles. The first-order valence-electron chi connectivity index (χ1n) is 8.80. The van der Waals surface area contributed by atoms with Gasteiger partial charge in [0, 0.05) is 35.6 Å². The summed E-state index contributed by atoms with van der Waals surface area (Å²) in [5.74, 6) is 0.790. The van der Waals surface area contributed by atoms with Gasteiger partial charge < -0.3 is 9.47 Å². The first-order chi connectivity index (χ1) is 12.5. The number of ether oxygens (including phenoxy) is 2. The van der Waals surface area contributed by atoms with Crippen LogP contribution in [-0.4, -0.2) is 35.3 Å². The summed E-state index contributed by atoms with van der Waals surface area (Å²) in [5, 5.41) is 0. The molecule has 1 aliphatic rings. The standard InChI is InChI=1S/C19H25NO4S2/c1-3-15-8-9-18(25-15)26(21,22)20-14-19(10-12-24-13-11-19)16-6-4-5-7-17(16)23-2/h4-9,20H,3,10-14H2,1-2H3. The lowest BCUT2D eigenvalue weighted by Crippen LogP contribution is -2.44. The van der Waals surface area contributed by atoms with E-state index in [1.165, 1.54) is 11.3 Å². The van der Waals surface area contributed by atoms with E-state index in [4.69, 9.17) is 9.47 Å². The van der Waals surface area contributed by atoms with Crippen molar-refractivity contribution in [2.45, 2.75) is 35.8 Å². The number of benzene rings is 1. The monoisotopic (exact) mass is 395 g/mol. The number of para-hydroxylation sites is 1. The predicted molar refractivity (Wildman–Crippen MR) is 104 cm³/mol. The molecule has 26 heavy (non-hydrogen) atoms. The van der Waals surface area contributed by atoms with E-state index in [9.17, 15) is 8.42 Å². The molecule has 1 aromatic heterocycles. The molecule has 1 N–H and O–H groups in total. The number of aryl methyl sites for hydroxylation is 1. The average molecular weight is 396 g/mol. The summed E-state index contributed by atoms with van der Waals surface area (Å²) in [7, 11) is -1.88. The van der Waals surface area contributed by atoms with Crippen LogP contribution in [0, 0.1) is 0 Å². The van der Waals surface area contributed by atoms with Crippen molar-refractivity contribution in [2.24, 2.45) is 0 Å². The Morgan fingerprint density at radius 2 is 1.92 bits per heavy atom. The van der Waals surface area contributed by atoms with Crippen molar-refractivity contribution in [3.8, 4) is 5.75 Å². The minimum Gasteiger partial charge on any atom is -0.496 e. The van der Waals surface area contributed by atoms with Crippen LogP contribution in [0.3, 0.4) is 0 Å². The van der Waals surface area contributed by atoms with Gasteiger partial charge in [0.25, 0.3) is 0 Å². The molecule has 2 aromatic rings. The van der Waals surface area contributed by atoms with Crippen LogP contribution < -0.4 is 9.46 Å². The summed E-state index contributed by atoms with van der Waals surface area (Å²) in [4.78, 5) is 1.07. The van der Waals surface area contributed by atoms with Crippen molar-refractivity contribution >= 4 is 21.4 Å². The minimum atomic E-state index is -3.53. The van der Waals surface area contributed by atoms with Crippen LogP contribution in [0.2, 0.25) is 0 Å². The van der Waals surface area contributed by atoms with E-state index in [-0.39, 0.29) is 5.41 Å². The molecule has 0 radical (unpaired) electrons. The van der Waals surface area contributed by atoms with Gasteiger partial charge in [-0.1, -0.05) is 25.1 Å². The zero-order valence-electron chi connectivity index (χ0n) is 15.2. The molecule has 0 amide bonds. The van der Waals surface area contributed by atoms with E-state index in [0.29, 0.717) is 24.0 Å². The number of nitrogens with one attached hydrogen (secondary N) is 1. The lowest BCUT2D eigenvalue weighted by atomic mass is 9.74. The maximum atomic E-state index is 12.8. The molecule has 0 atom stereocenters. The highest BCUT2D eigenvalue weighted by Gasteiger charge is 2.38. The Hall–Kier alpha value is -1.41. The molecule has 1 fully saturated rings. The van der Waals surface area contributed by atoms with E-state index in [0.717, 1.165) is 35.5 Å². The van der Waals surface area contributed by atoms with E-state index in [1.807, 2.05) is 37.3 Å². The molecule has 0 saturated carbocycles. The molecule has 142 valence electrons. The van der Waals surface area contributed by atoms with Crippen LogP contribution >= 0.6 is 11.3 Å². The van der Waals surface area contributed by atoms with Crippen LogP contribution in [0.5, 0.6) is 5.75 Å². The second-order valence-corrected chi connectivity index (χ2v) is 9.65. The van der Waals surface area contributed by atoms with E-state index in [2.05, 4.69) is 4.72 Å². The Kier molecular flexibility index (Phi) is 6.02. The van der Waals surface area contributed by atoms with Gasteiger partial charge in [0.15, 0.2) is 0 Å². The van der Waals surface area contributed by atoms with Crippen LogP contribution in [0.25, 0.3) is 0 Å². The van der Waals surface area contributed by atoms with Crippen molar-refractivity contribution in [3.63, 3.8) is 0 Å². The van der Waals surface area contributed by atoms with Gasteiger partial charge in [-0.25, -0.2) is 13.1 Å². The number of hydrogen-bond acceptors (Lipinski definition) is 5. The van der Waals surface area contributed by atoms with Crippen molar-refractivity contribution < 1.29 is 17.9 Å². The zero-order valence-corrected chi connectivity index (χ0v) is 16.8. The first kappa shape index (κ1) is 19.4. The molecule has 0 spiro atoms. The average Bonchev–Trinajstić information content (AvgIpc) is 3.17. The molecule has 1 aromatic carbocycles. The summed E-state index contributed by atoms with van der Waals surface area (Å²) in [6.45, 7) is 3.57. The number of hydrogen-bond donors (Lipinski definition) is 1. The summed E-state index contributed by atoms with van der Waals surface area (Å²) in [6.07, 6.45) is 2.34. The predicted octanol–water partition coefficient (Wildman–Crippen LogP) is 3.35. The van der Waals surface area contributed by atoms with Gasteiger partial charge in [0.05, 0.1) is 7.11 Å². The number of rotatable bonds is 7. The third-order valence-corrected chi connectivity index (χ3v) is 8.10. The van der Waals surface area contributed by atoms with Gasteiger partial charge in [-0.2, -0.15) is 0 Å². The SMILES string of the molecule is CCc1ccc(S(=O)(=O)NCC2(c3ccccc3OC)CCOCC2)s1. The Morgan fingerprint density at radius 1 is 1.19 bits per heavy atom. The smallest absolute Gasteiger partial charge is 0.250 e. The first-order valence-corrected chi connectivity index (χ1v) is 11.1. The van der Waals surface area contributed by atoms with Gasteiger partial charge in [0.2, 0.25) is 10.0 Å². The Labute approximate surface area is 159 Å². The lowest BCUT2D eigenvalue weighted by molar-refractivity contribution is 0.0509. The fraction of sp³-hybridized carbons (Fsp3) is 0.474. The van der Waals surface area contributed by atoms with Crippen molar-refractivity contribution in [1.82, 2.24) is 4.72 Å². The molecule has 1 aliphatic heterocycles. The van der Waals surface area contributed by atoms with Crippen molar-refractivity contribution in [2.75, 3.05) is 26.9 Å². The highest BCUT2D eigenvalue weighted by Crippen LogP contribution is 2.39. The second kappa shape index (κ2) is 8.08. The van der Waals surface area contributed by atoms with Gasteiger partial charge >= 0.3 is 0 Å².